The Bertz CT molecular complexity index is 550. The summed E-state index contributed by atoms with van der Waals surface area (Å²) in [4.78, 5) is 3.85. The first-order chi connectivity index (χ1) is 8.95. The largest absolute Gasteiger partial charge is 0.416 e. The molecule has 1 heterocycles. The van der Waals surface area contributed by atoms with Gasteiger partial charge in [0, 0.05) is 24.5 Å². The van der Waals surface area contributed by atoms with E-state index in [9.17, 15) is 13.2 Å². The molecule has 0 bridgehead atoms. The van der Waals surface area contributed by atoms with Crippen LogP contribution < -0.4 is 11.1 Å². The van der Waals surface area contributed by atoms with Crippen LogP contribution in [0.2, 0.25) is 0 Å². The second kappa shape index (κ2) is 5.17. The highest BCUT2D eigenvalue weighted by Gasteiger charge is 2.29. The highest BCUT2D eigenvalue weighted by molar-refractivity contribution is 5.49. The van der Waals surface area contributed by atoms with Gasteiger partial charge in [0.15, 0.2) is 0 Å². The first-order valence-corrected chi connectivity index (χ1v) is 5.57. The average molecular weight is 267 g/mol. The summed E-state index contributed by atoms with van der Waals surface area (Å²) in [6.45, 7) is 0.418. The van der Waals surface area contributed by atoms with Crippen LogP contribution in [0.4, 0.5) is 24.7 Å². The molecule has 19 heavy (non-hydrogen) atoms. The van der Waals surface area contributed by atoms with Crippen molar-refractivity contribution in [1.82, 2.24) is 4.98 Å². The fourth-order valence-corrected chi connectivity index (χ4v) is 1.57. The van der Waals surface area contributed by atoms with Gasteiger partial charge < -0.3 is 11.1 Å². The number of alkyl halides is 3. The average Bonchev–Trinajstić information content (AvgIpc) is 2.36. The molecule has 1 aromatic carbocycles. The zero-order valence-electron chi connectivity index (χ0n) is 9.91. The highest BCUT2D eigenvalue weighted by Crippen LogP contribution is 2.29. The van der Waals surface area contributed by atoms with Crippen LogP contribution in [0.5, 0.6) is 0 Å². The minimum Gasteiger partial charge on any atom is -0.384 e. The fourth-order valence-electron chi connectivity index (χ4n) is 1.57. The second-order valence-corrected chi connectivity index (χ2v) is 4.02. The molecule has 0 saturated carbocycles. The zero-order valence-corrected chi connectivity index (χ0v) is 9.91. The number of halogens is 3. The number of nitrogens with zero attached hydrogens (tertiary/aromatic N) is 1. The standard InChI is InChI=1S/C13H12F3N3/c14-13(15,16)10-3-1-9(2-4-10)8-19-11-5-6-18-12(17)7-11/h1-7H,8H2,(H3,17,18,19). The molecule has 3 nitrogen and oxygen atoms in total. The van der Waals surface area contributed by atoms with E-state index in [1.165, 1.54) is 12.1 Å². The molecule has 0 amide bonds. The summed E-state index contributed by atoms with van der Waals surface area (Å²) in [7, 11) is 0. The Labute approximate surface area is 108 Å². The van der Waals surface area contributed by atoms with Gasteiger partial charge in [-0.15, -0.1) is 0 Å². The lowest BCUT2D eigenvalue weighted by molar-refractivity contribution is -0.137. The van der Waals surface area contributed by atoms with Gasteiger partial charge in [-0.2, -0.15) is 13.2 Å². The second-order valence-electron chi connectivity index (χ2n) is 4.02. The van der Waals surface area contributed by atoms with E-state index in [0.29, 0.717) is 12.4 Å². The molecule has 0 aliphatic rings. The van der Waals surface area contributed by atoms with Crippen molar-refractivity contribution < 1.29 is 13.2 Å². The van der Waals surface area contributed by atoms with Crippen LogP contribution >= 0.6 is 0 Å². The van der Waals surface area contributed by atoms with Gasteiger partial charge in [0.05, 0.1) is 5.56 Å². The molecule has 3 N–H and O–H groups in total. The molecule has 0 aliphatic carbocycles. The van der Waals surface area contributed by atoms with Gasteiger partial charge in [-0.05, 0) is 23.8 Å². The van der Waals surface area contributed by atoms with Crippen LogP contribution in [0.3, 0.4) is 0 Å². The molecule has 0 atom stereocenters. The Balaban J connectivity index is 2.01. The smallest absolute Gasteiger partial charge is 0.384 e. The van der Waals surface area contributed by atoms with E-state index in [1.54, 1.807) is 18.3 Å². The molecule has 0 aliphatic heterocycles. The third kappa shape index (κ3) is 3.61. The Kier molecular flexibility index (Phi) is 3.59. The van der Waals surface area contributed by atoms with Gasteiger partial charge in [0.2, 0.25) is 0 Å². The lowest BCUT2D eigenvalue weighted by Crippen LogP contribution is -2.05. The third-order valence-corrected chi connectivity index (χ3v) is 2.56. The summed E-state index contributed by atoms with van der Waals surface area (Å²) in [5, 5.41) is 3.06. The van der Waals surface area contributed by atoms with Gasteiger partial charge in [-0.25, -0.2) is 4.98 Å². The topological polar surface area (TPSA) is 50.9 Å². The normalized spacial score (nSPS) is 11.3. The van der Waals surface area contributed by atoms with E-state index in [0.717, 1.165) is 23.4 Å². The van der Waals surface area contributed by atoms with Gasteiger partial charge in [-0.3, -0.25) is 0 Å². The lowest BCUT2D eigenvalue weighted by atomic mass is 10.1. The summed E-state index contributed by atoms with van der Waals surface area (Å²) in [5.41, 5.74) is 6.39. The molecule has 100 valence electrons. The van der Waals surface area contributed by atoms with Crippen molar-refractivity contribution in [3.05, 3.63) is 53.7 Å². The molecule has 1 aromatic heterocycles. The van der Waals surface area contributed by atoms with E-state index in [2.05, 4.69) is 10.3 Å². The SMILES string of the molecule is Nc1cc(NCc2ccc(C(F)(F)F)cc2)ccn1. The fraction of sp³-hybridized carbons (Fsp3) is 0.154. The predicted molar refractivity (Wildman–Crippen MR) is 67.4 cm³/mol. The van der Waals surface area contributed by atoms with Gasteiger partial charge in [-0.1, -0.05) is 12.1 Å². The van der Waals surface area contributed by atoms with Crippen molar-refractivity contribution in [2.75, 3.05) is 11.1 Å². The van der Waals surface area contributed by atoms with Gasteiger partial charge in [0.25, 0.3) is 0 Å². The first kappa shape index (κ1) is 13.2. The van der Waals surface area contributed by atoms with Crippen molar-refractivity contribution >= 4 is 11.5 Å². The molecule has 2 aromatic rings. The Morgan fingerprint density at radius 3 is 2.37 bits per heavy atom. The Morgan fingerprint density at radius 1 is 1.11 bits per heavy atom. The number of nitrogens with two attached hydrogens (primary N) is 1. The molecule has 0 unspecified atom stereocenters. The quantitative estimate of drug-likeness (QED) is 0.897. The molecule has 0 radical (unpaired) electrons. The summed E-state index contributed by atoms with van der Waals surface area (Å²) in [6.07, 6.45) is -2.74. The minimum absolute atomic E-state index is 0.386. The number of aromatic nitrogens is 1. The number of nitrogens with one attached hydrogen (secondary N) is 1. The van der Waals surface area contributed by atoms with E-state index in [1.807, 2.05) is 0 Å². The van der Waals surface area contributed by atoms with Crippen LogP contribution in [0.25, 0.3) is 0 Å². The van der Waals surface area contributed by atoms with E-state index in [-0.39, 0.29) is 0 Å². The summed E-state index contributed by atoms with van der Waals surface area (Å²) >= 11 is 0. The number of anilines is 2. The molecule has 0 spiro atoms. The van der Waals surface area contributed by atoms with Crippen LogP contribution in [0.1, 0.15) is 11.1 Å². The maximum absolute atomic E-state index is 12.4. The molecular weight excluding hydrogens is 255 g/mol. The van der Waals surface area contributed by atoms with Crippen molar-refractivity contribution in [1.29, 1.82) is 0 Å². The molecule has 2 rings (SSSR count). The van der Waals surface area contributed by atoms with Crippen molar-refractivity contribution in [2.45, 2.75) is 12.7 Å². The van der Waals surface area contributed by atoms with Gasteiger partial charge >= 0.3 is 6.18 Å². The molecule has 0 saturated heterocycles. The molecule has 0 fully saturated rings. The Morgan fingerprint density at radius 2 is 1.79 bits per heavy atom. The summed E-state index contributed by atoms with van der Waals surface area (Å²) < 4.78 is 37.1. The van der Waals surface area contributed by atoms with E-state index < -0.39 is 11.7 Å². The van der Waals surface area contributed by atoms with Crippen LogP contribution in [0, 0.1) is 0 Å². The highest BCUT2D eigenvalue weighted by atomic mass is 19.4. The monoisotopic (exact) mass is 267 g/mol. The Hall–Kier alpha value is -2.24. The zero-order chi connectivity index (χ0) is 13.9. The van der Waals surface area contributed by atoms with Crippen molar-refractivity contribution in [2.24, 2.45) is 0 Å². The molecule has 6 heteroatoms. The number of rotatable bonds is 3. The number of hydrogen-bond donors (Lipinski definition) is 2. The number of pyridine rings is 1. The van der Waals surface area contributed by atoms with Crippen LogP contribution in [-0.4, -0.2) is 4.98 Å². The maximum Gasteiger partial charge on any atom is 0.416 e. The number of nitrogen functional groups attached to an aromatic ring is 1. The van der Waals surface area contributed by atoms with Crippen LogP contribution in [-0.2, 0) is 12.7 Å². The number of benzene rings is 1. The van der Waals surface area contributed by atoms with Crippen LogP contribution in [0.15, 0.2) is 42.6 Å². The lowest BCUT2D eigenvalue weighted by Gasteiger charge is -2.09. The maximum atomic E-state index is 12.4. The summed E-state index contributed by atoms with van der Waals surface area (Å²) in [5.74, 6) is 0.386. The predicted octanol–water partition coefficient (Wildman–Crippen LogP) is 3.29. The van der Waals surface area contributed by atoms with Gasteiger partial charge in [0.1, 0.15) is 5.82 Å². The summed E-state index contributed by atoms with van der Waals surface area (Å²) in [6, 6.07) is 8.42. The van der Waals surface area contributed by atoms with Crippen molar-refractivity contribution in [3.63, 3.8) is 0 Å². The minimum atomic E-state index is -4.30. The van der Waals surface area contributed by atoms with E-state index in [4.69, 9.17) is 5.73 Å². The molecular formula is C13H12F3N3. The first-order valence-electron chi connectivity index (χ1n) is 5.57. The number of hydrogen-bond acceptors (Lipinski definition) is 3. The van der Waals surface area contributed by atoms with E-state index >= 15 is 0 Å². The third-order valence-electron chi connectivity index (χ3n) is 2.56. The van der Waals surface area contributed by atoms with Crippen molar-refractivity contribution in [3.8, 4) is 0 Å².